The van der Waals surface area contributed by atoms with E-state index >= 15 is 0 Å². The lowest BCUT2D eigenvalue weighted by Crippen LogP contribution is -2.49. The highest BCUT2D eigenvalue weighted by molar-refractivity contribution is 7.10. The fourth-order valence-electron chi connectivity index (χ4n) is 5.10. The monoisotopic (exact) mass is 480 g/mol. The van der Waals surface area contributed by atoms with E-state index in [0.29, 0.717) is 36.7 Å². The van der Waals surface area contributed by atoms with E-state index in [1.54, 1.807) is 36.5 Å². The molecule has 7 nitrogen and oxygen atoms in total. The first-order valence-corrected chi connectivity index (χ1v) is 12.4. The topological polar surface area (TPSA) is 72.2 Å². The van der Waals surface area contributed by atoms with Gasteiger partial charge in [-0.15, -0.1) is 11.3 Å². The van der Waals surface area contributed by atoms with E-state index in [1.165, 1.54) is 18.1 Å². The molecule has 1 aromatic carbocycles. The van der Waals surface area contributed by atoms with E-state index in [0.717, 1.165) is 29.7 Å². The fraction of sp³-hybridized carbons (Fsp3) is 0.385. The molecular formula is C26H28N2O5S. The Labute approximate surface area is 202 Å². The summed E-state index contributed by atoms with van der Waals surface area (Å²) in [4.78, 5) is 31.7. The summed E-state index contributed by atoms with van der Waals surface area (Å²) in [7, 11) is 3.27. The largest absolute Gasteiger partial charge is 0.493 e. The van der Waals surface area contributed by atoms with Crippen LogP contribution >= 0.6 is 11.3 Å². The lowest BCUT2D eigenvalue weighted by atomic mass is 9.88. The average Bonchev–Trinajstić information content (AvgIpc) is 3.61. The van der Waals surface area contributed by atoms with Gasteiger partial charge in [-0.25, -0.2) is 0 Å². The molecule has 34 heavy (non-hydrogen) atoms. The number of nitrogens with zero attached hydrogens (tertiary/aromatic N) is 2. The molecule has 2 aliphatic heterocycles. The maximum atomic E-state index is 13.9. The first-order valence-electron chi connectivity index (χ1n) is 11.5. The smallest absolute Gasteiger partial charge is 0.257 e. The summed E-state index contributed by atoms with van der Waals surface area (Å²) in [6.45, 7) is 1.70. The number of ether oxygens (including phenoxy) is 2. The van der Waals surface area contributed by atoms with Crippen LogP contribution in [0.2, 0.25) is 0 Å². The van der Waals surface area contributed by atoms with E-state index in [4.69, 9.17) is 13.9 Å². The summed E-state index contributed by atoms with van der Waals surface area (Å²) in [5.74, 6) is 1.15. The van der Waals surface area contributed by atoms with Gasteiger partial charge in [0.15, 0.2) is 11.5 Å². The van der Waals surface area contributed by atoms with Gasteiger partial charge < -0.3 is 23.7 Å². The summed E-state index contributed by atoms with van der Waals surface area (Å²) < 4.78 is 16.2. The average molecular weight is 481 g/mol. The molecule has 5 rings (SSSR count). The zero-order valence-corrected chi connectivity index (χ0v) is 20.2. The number of amides is 2. The van der Waals surface area contributed by atoms with Gasteiger partial charge in [0.2, 0.25) is 5.91 Å². The Hall–Kier alpha value is -3.26. The van der Waals surface area contributed by atoms with Gasteiger partial charge in [-0.3, -0.25) is 9.59 Å². The van der Waals surface area contributed by atoms with Crippen LogP contribution < -0.4 is 9.47 Å². The molecule has 2 aliphatic rings. The number of hydrogen-bond donors (Lipinski definition) is 0. The highest BCUT2D eigenvalue weighted by atomic mass is 32.1. The summed E-state index contributed by atoms with van der Waals surface area (Å²) in [6, 6.07) is 9.62. The van der Waals surface area contributed by atoms with Crippen molar-refractivity contribution >= 4 is 23.2 Å². The highest BCUT2D eigenvalue weighted by Gasteiger charge is 2.38. The molecule has 4 heterocycles. The summed E-state index contributed by atoms with van der Waals surface area (Å²) >= 11 is 1.65. The lowest BCUT2D eigenvalue weighted by molar-refractivity contribution is -0.139. The van der Waals surface area contributed by atoms with Gasteiger partial charge >= 0.3 is 0 Å². The molecule has 2 amide bonds. The van der Waals surface area contributed by atoms with Crippen LogP contribution in [0.3, 0.4) is 0 Å². The molecule has 8 heteroatoms. The van der Waals surface area contributed by atoms with E-state index in [2.05, 4.69) is 6.07 Å². The predicted molar refractivity (Wildman–Crippen MR) is 128 cm³/mol. The Kier molecular flexibility index (Phi) is 6.32. The number of fused-ring (bicyclic) bond motifs is 1. The Morgan fingerprint density at radius 2 is 1.94 bits per heavy atom. The Morgan fingerprint density at radius 1 is 1.12 bits per heavy atom. The quantitative estimate of drug-likeness (QED) is 0.542. The number of rotatable bonds is 5. The van der Waals surface area contributed by atoms with Crippen LogP contribution in [-0.4, -0.2) is 55.5 Å². The second kappa shape index (κ2) is 9.54. The van der Waals surface area contributed by atoms with Gasteiger partial charge in [-0.1, -0.05) is 6.07 Å². The Balaban J connectivity index is 1.44. The number of methoxy groups -OCH3 is 2. The molecule has 0 spiro atoms. The zero-order valence-electron chi connectivity index (χ0n) is 19.4. The number of benzene rings is 1. The second-order valence-electron chi connectivity index (χ2n) is 8.71. The molecule has 0 saturated carbocycles. The van der Waals surface area contributed by atoms with Crippen molar-refractivity contribution < 1.29 is 23.5 Å². The van der Waals surface area contributed by atoms with Crippen molar-refractivity contribution in [2.24, 2.45) is 5.92 Å². The molecule has 0 radical (unpaired) electrons. The van der Waals surface area contributed by atoms with Crippen molar-refractivity contribution in [3.63, 3.8) is 0 Å². The van der Waals surface area contributed by atoms with Crippen molar-refractivity contribution in [2.75, 3.05) is 33.9 Å². The molecule has 0 N–H and O–H groups in total. The standard InChI is InChI=1S/C26H28N2O5S/c1-31-21-13-17-7-10-28(24(23-6-4-12-34-23)20(17)14-22(21)32-2)26(30)18-5-3-9-27(15-18)25(29)19-8-11-33-16-19/h4,6,8,11-14,16,18,24H,3,5,7,9-10,15H2,1-2H3. The number of thiophene rings is 1. The molecular weight excluding hydrogens is 452 g/mol. The minimum Gasteiger partial charge on any atom is -0.493 e. The van der Waals surface area contributed by atoms with Gasteiger partial charge in [-0.05, 0) is 60.0 Å². The second-order valence-corrected chi connectivity index (χ2v) is 9.69. The van der Waals surface area contributed by atoms with Crippen LogP contribution in [0.25, 0.3) is 0 Å². The van der Waals surface area contributed by atoms with Crippen LogP contribution in [0.5, 0.6) is 11.5 Å². The third kappa shape index (κ3) is 4.07. The van der Waals surface area contributed by atoms with Gasteiger partial charge in [0.1, 0.15) is 6.26 Å². The summed E-state index contributed by atoms with van der Waals surface area (Å²) in [6.07, 6.45) is 5.29. The van der Waals surface area contributed by atoms with Gasteiger partial charge in [-0.2, -0.15) is 0 Å². The molecule has 2 atom stereocenters. The SMILES string of the molecule is COc1cc2c(cc1OC)C(c1cccs1)N(C(=O)C1CCCN(C(=O)c3ccoc3)C1)CC2. The number of piperidine rings is 1. The molecule has 1 fully saturated rings. The van der Waals surface area contributed by atoms with Gasteiger partial charge in [0, 0.05) is 24.5 Å². The van der Waals surface area contributed by atoms with Crippen LogP contribution in [0.15, 0.2) is 52.7 Å². The maximum absolute atomic E-state index is 13.9. The Bertz CT molecular complexity index is 1160. The van der Waals surface area contributed by atoms with Crippen LogP contribution in [0.4, 0.5) is 0 Å². The molecule has 0 aliphatic carbocycles. The van der Waals surface area contributed by atoms with Gasteiger partial charge in [0.05, 0.1) is 38.0 Å². The molecule has 2 unspecified atom stereocenters. The van der Waals surface area contributed by atoms with Crippen molar-refractivity contribution in [1.82, 2.24) is 9.80 Å². The van der Waals surface area contributed by atoms with Crippen LogP contribution in [0, 0.1) is 5.92 Å². The minimum atomic E-state index is -0.228. The van der Waals surface area contributed by atoms with Crippen molar-refractivity contribution in [1.29, 1.82) is 0 Å². The van der Waals surface area contributed by atoms with E-state index in [9.17, 15) is 9.59 Å². The first-order chi connectivity index (χ1) is 16.6. The maximum Gasteiger partial charge on any atom is 0.257 e. The van der Waals surface area contributed by atoms with Gasteiger partial charge in [0.25, 0.3) is 5.91 Å². The number of furan rings is 1. The van der Waals surface area contributed by atoms with Crippen molar-refractivity contribution in [2.45, 2.75) is 25.3 Å². The first kappa shape index (κ1) is 22.5. The van der Waals surface area contributed by atoms with E-state index in [1.807, 2.05) is 28.5 Å². The third-order valence-electron chi connectivity index (χ3n) is 6.80. The highest BCUT2D eigenvalue weighted by Crippen LogP contribution is 2.43. The molecule has 3 aromatic rings. The summed E-state index contributed by atoms with van der Waals surface area (Å²) in [5, 5.41) is 2.04. The number of likely N-dealkylation sites (tertiary alicyclic amines) is 1. The number of hydrogen-bond acceptors (Lipinski definition) is 6. The number of carbonyl (C=O) groups is 2. The van der Waals surface area contributed by atoms with E-state index in [-0.39, 0.29) is 23.8 Å². The molecule has 2 aromatic heterocycles. The predicted octanol–water partition coefficient (Wildman–Crippen LogP) is 4.38. The molecule has 0 bridgehead atoms. The van der Waals surface area contributed by atoms with Crippen LogP contribution in [-0.2, 0) is 11.2 Å². The lowest BCUT2D eigenvalue weighted by Gasteiger charge is -2.41. The summed E-state index contributed by atoms with van der Waals surface area (Å²) in [5.41, 5.74) is 2.76. The zero-order chi connectivity index (χ0) is 23.7. The number of carbonyl (C=O) groups excluding carboxylic acids is 2. The molecule has 178 valence electrons. The normalized spacial score (nSPS) is 20.1. The van der Waals surface area contributed by atoms with Crippen molar-refractivity contribution in [3.8, 4) is 11.5 Å². The Morgan fingerprint density at radius 3 is 2.65 bits per heavy atom. The fourth-order valence-corrected chi connectivity index (χ4v) is 5.96. The minimum absolute atomic E-state index is 0.0816. The van der Waals surface area contributed by atoms with E-state index < -0.39 is 0 Å². The van der Waals surface area contributed by atoms with Crippen molar-refractivity contribution in [3.05, 3.63) is 69.8 Å². The molecule has 1 saturated heterocycles. The third-order valence-corrected chi connectivity index (χ3v) is 7.72. The van der Waals surface area contributed by atoms with Crippen LogP contribution in [0.1, 0.15) is 45.2 Å².